The van der Waals surface area contributed by atoms with Gasteiger partial charge in [0, 0.05) is 19.0 Å². The fraction of sp³-hybridized carbons (Fsp3) is 0.500. The SMILES string of the molecule is Cc1occc1SCC(=O)N[C@H](C)C(=O)N(C)C. The van der Waals surface area contributed by atoms with Gasteiger partial charge in [-0.3, -0.25) is 9.59 Å². The Balaban J connectivity index is 2.38. The van der Waals surface area contributed by atoms with E-state index >= 15 is 0 Å². The summed E-state index contributed by atoms with van der Waals surface area (Å²) in [5, 5.41) is 2.66. The highest BCUT2D eigenvalue weighted by atomic mass is 32.2. The van der Waals surface area contributed by atoms with Gasteiger partial charge in [0.25, 0.3) is 0 Å². The average Bonchev–Trinajstić information content (AvgIpc) is 2.71. The maximum Gasteiger partial charge on any atom is 0.244 e. The number of nitrogens with one attached hydrogen (secondary N) is 1. The summed E-state index contributed by atoms with van der Waals surface area (Å²) in [6, 6.07) is 1.32. The van der Waals surface area contributed by atoms with E-state index in [0.717, 1.165) is 10.7 Å². The summed E-state index contributed by atoms with van der Waals surface area (Å²) in [6.07, 6.45) is 1.59. The van der Waals surface area contributed by atoms with Crippen LogP contribution < -0.4 is 5.32 Å². The first kappa shape index (κ1) is 14.6. The monoisotopic (exact) mass is 270 g/mol. The van der Waals surface area contributed by atoms with E-state index in [4.69, 9.17) is 4.42 Å². The summed E-state index contributed by atoms with van der Waals surface area (Å²) in [6.45, 7) is 3.52. The van der Waals surface area contributed by atoms with E-state index in [1.807, 2.05) is 13.0 Å². The molecule has 0 radical (unpaired) electrons. The van der Waals surface area contributed by atoms with Gasteiger partial charge in [0.05, 0.1) is 12.0 Å². The zero-order valence-electron chi connectivity index (χ0n) is 11.0. The molecule has 0 spiro atoms. The Labute approximate surface area is 111 Å². The van der Waals surface area contributed by atoms with Crippen molar-refractivity contribution in [3.8, 4) is 0 Å². The van der Waals surface area contributed by atoms with E-state index in [-0.39, 0.29) is 17.6 Å². The Bertz CT molecular complexity index is 429. The fourth-order valence-electron chi connectivity index (χ4n) is 1.40. The summed E-state index contributed by atoms with van der Waals surface area (Å²) in [5.74, 6) is 0.784. The predicted molar refractivity (Wildman–Crippen MR) is 70.5 cm³/mol. The number of thioether (sulfide) groups is 1. The summed E-state index contributed by atoms with van der Waals surface area (Å²) >= 11 is 1.39. The lowest BCUT2D eigenvalue weighted by Crippen LogP contribution is -2.44. The predicted octanol–water partition coefficient (Wildman–Crippen LogP) is 1.27. The number of likely N-dealkylation sites (N-methyl/N-ethyl adjacent to an activating group) is 1. The molecule has 5 nitrogen and oxygen atoms in total. The van der Waals surface area contributed by atoms with Crippen LogP contribution in [-0.2, 0) is 9.59 Å². The molecule has 1 rings (SSSR count). The number of carbonyl (C=O) groups excluding carboxylic acids is 2. The topological polar surface area (TPSA) is 62.6 Å². The van der Waals surface area contributed by atoms with Gasteiger partial charge in [-0.15, -0.1) is 11.8 Å². The minimum absolute atomic E-state index is 0.118. The Morgan fingerprint density at radius 3 is 2.67 bits per heavy atom. The van der Waals surface area contributed by atoms with Crippen LogP contribution >= 0.6 is 11.8 Å². The van der Waals surface area contributed by atoms with Gasteiger partial charge in [-0.25, -0.2) is 0 Å². The first-order chi connectivity index (χ1) is 8.41. The standard InChI is InChI=1S/C12H18N2O3S/c1-8(12(16)14(3)4)13-11(15)7-18-10-5-6-17-9(10)2/h5-6,8H,7H2,1-4H3,(H,13,15)/t8-/m1/s1. The molecule has 0 aromatic carbocycles. The molecular formula is C12H18N2O3S. The van der Waals surface area contributed by atoms with Crippen LogP contribution in [0.25, 0.3) is 0 Å². The minimum atomic E-state index is -0.501. The van der Waals surface area contributed by atoms with E-state index in [1.165, 1.54) is 16.7 Å². The van der Waals surface area contributed by atoms with Crippen LogP contribution in [0.1, 0.15) is 12.7 Å². The lowest BCUT2D eigenvalue weighted by Gasteiger charge is -2.17. The molecule has 0 aliphatic carbocycles. The van der Waals surface area contributed by atoms with E-state index in [0.29, 0.717) is 0 Å². The minimum Gasteiger partial charge on any atom is -0.468 e. The summed E-state index contributed by atoms with van der Waals surface area (Å²) in [4.78, 5) is 25.6. The van der Waals surface area contributed by atoms with E-state index in [9.17, 15) is 9.59 Å². The molecule has 1 atom stereocenters. The summed E-state index contributed by atoms with van der Waals surface area (Å²) in [7, 11) is 3.32. The third-order valence-corrected chi connectivity index (χ3v) is 3.50. The van der Waals surface area contributed by atoms with Gasteiger partial charge >= 0.3 is 0 Å². The van der Waals surface area contributed by atoms with Gasteiger partial charge < -0.3 is 14.6 Å². The summed E-state index contributed by atoms with van der Waals surface area (Å²) < 4.78 is 5.13. The Kier molecular flexibility index (Phi) is 5.27. The molecule has 0 bridgehead atoms. The molecule has 2 amide bonds. The lowest BCUT2D eigenvalue weighted by molar-refractivity contribution is -0.133. The first-order valence-corrected chi connectivity index (χ1v) is 6.57. The number of hydrogen-bond donors (Lipinski definition) is 1. The second kappa shape index (κ2) is 6.49. The van der Waals surface area contributed by atoms with Crippen molar-refractivity contribution in [2.45, 2.75) is 24.8 Å². The van der Waals surface area contributed by atoms with Crippen LogP contribution in [0, 0.1) is 6.92 Å². The molecule has 18 heavy (non-hydrogen) atoms. The second-order valence-corrected chi connectivity index (χ2v) is 5.17. The number of furan rings is 1. The maximum absolute atomic E-state index is 11.7. The number of aryl methyl sites for hydroxylation is 1. The van der Waals surface area contributed by atoms with Gasteiger partial charge in [-0.1, -0.05) is 0 Å². The van der Waals surface area contributed by atoms with Crippen LogP contribution in [0.5, 0.6) is 0 Å². The molecule has 0 aliphatic heterocycles. The average molecular weight is 270 g/mol. The Morgan fingerprint density at radius 2 is 2.17 bits per heavy atom. The van der Waals surface area contributed by atoms with Crippen LogP contribution in [0.3, 0.4) is 0 Å². The molecule has 1 N–H and O–H groups in total. The van der Waals surface area contributed by atoms with Crippen LogP contribution in [0.15, 0.2) is 21.6 Å². The van der Waals surface area contributed by atoms with Gasteiger partial charge in [0.15, 0.2) is 0 Å². The van der Waals surface area contributed by atoms with E-state index in [2.05, 4.69) is 5.32 Å². The van der Waals surface area contributed by atoms with Crippen molar-refractivity contribution in [3.63, 3.8) is 0 Å². The summed E-state index contributed by atoms with van der Waals surface area (Å²) in [5.41, 5.74) is 0. The molecule has 0 aliphatic rings. The first-order valence-electron chi connectivity index (χ1n) is 5.59. The van der Waals surface area contributed by atoms with Crippen LogP contribution in [0.2, 0.25) is 0 Å². The molecule has 0 saturated heterocycles. The highest BCUT2D eigenvalue weighted by molar-refractivity contribution is 8.00. The van der Waals surface area contributed by atoms with E-state index < -0.39 is 6.04 Å². The quantitative estimate of drug-likeness (QED) is 0.819. The van der Waals surface area contributed by atoms with Gasteiger partial charge in [0.2, 0.25) is 11.8 Å². The van der Waals surface area contributed by atoms with Crippen molar-refractivity contribution in [3.05, 3.63) is 18.1 Å². The largest absolute Gasteiger partial charge is 0.468 e. The zero-order chi connectivity index (χ0) is 13.7. The second-order valence-electron chi connectivity index (χ2n) is 4.15. The smallest absolute Gasteiger partial charge is 0.244 e. The Hall–Kier alpha value is -1.43. The van der Waals surface area contributed by atoms with Crippen molar-refractivity contribution in [2.75, 3.05) is 19.8 Å². The number of rotatable bonds is 5. The molecular weight excluding hydrogens is 252 g/mol. The third kappa shape index (κ3) is 4.10. The molecule has 6 heteroatoms. The van der Waals surface area contributed by atoms with Crippen LogP contribution in [-0.4, -0.2) is 42.6 Å². The highest BCUT2D eigenvalue weighted by Crippen LogP contribution is 2.22. The molecule has 100 valence electrons. The molecule has 0 fully saturated rings. The van der Waals surface area contributed by atoms with Crippen molar-refractivity contribution in [2.24, 2.45) is 0 Å². The van der Waals surface area contributed by atoms with Crippen molar-refractivity contribution in [1.29, 1.82) is 0 Å². The lowest BCUT2D eigenvalue weighted by atomic mass is 10.3. The number of hydrogen-bond acceptors (Lipinski definition) is 4. The fourth-order valence-corrected chi connectivity index (χ4v) is 2.17. The van der Waals surface area contributed by atoms with Crippen molar-refractivity contribution >= 4 is 23.6 Å². The number of carbonyl (C=O) groups is 2. The molecule has 1 aromatic rings. The van der Waals surface area contributed by atoms with Crippen molar-refractivity contribution < 1.29 is 14.0 Å². The normalized spacial score (nSPS) is 12.0. The third-order valence-electron chi connectivity index (χ3n) is 2.36. The number of nitrogens with zero attached hydrogens (tertiary/aromatic N) is 1. The van der Waals surface area contributed by atoms with Crippen molar-refractivity contribution in [1.82, 2.24) is 10.2 Å². The van der Waals surface area contributed by atoms with E-state index in [1.54, 1.807) is 27.3 Å². The van der Waals surface area contributed by atoms with Gasteiger partial charge in [-0.05, 0) is 19.9 Å². The molecule has 1 aromatic heterocycles. The van der Waals surface area contributed by atoms with Gasteiger partial charge in [0.1, 0.15) is 11.8 Å². The Morgan fingerprint density at radius 1 is 1.50 bits per heavy atom. The molecule has 1 heterocycles. The maximum atomic E-state index is 11.7. The zero-order valence-corrected chi connectivity index (χ0v) is 11.8. The molecule has 0 saturated carbocycles. The van der Waals surface area contributed by atoms with Gasteiger partial charge in [-0.2, -0.15) is 0 Å². The number of amides is 2. The van der Waals surface area contributed by atoms with Crippen LogP contribution in [0.4, 0.5) is 0 Å². The molecule has 0 unspecified atom stereocenters. The highest BCUT2D eigenvalue weighted by Gasteiger charge is 2.17.